The molecule has 0 fully saturated rings. The van der Waals surface area contributed by atoms with E-state index in [1.807, 2.05) is 11.4 Å². The van der Waals surface area contributed by atoms with Crippen LogP contribution in [0.3, 0.4) is 0 Å². The molecule has 21 heavy (non-hydrogen) atoms. The molecule has 2 N–H and O–H groups in total. The Labute approximate surface area is 123 Å². The average Bonchev–Trinajstić information content (AvgIpc) is 2.91. The predicted octanol–water partition coefficient (Wildman–Crippen LogP) is 3.36. The number of hydrogen-bond acceptors (Lipinski definition) is 5. The number of nitrogens with zero attached hydrogens (tertiary/aromatic N) is 1. The summed E-state index contributed by atoms with van der Waals surface area (Å²) < 4.78 is 39.7. The van der Waals surface area contributed by atoms with Crippen molar-refractivity contribution < 1.29 is 23.0 Å². The van der Waals surface area contributed by atoms with Crippen molar-refractivity contribution in [3.05, 3.63) is 40.7 Å². The molecule has 0 aromatic carbocycles. The molecule has 0 aliphatic carbocycles. The number of rotatable bonds is 5. The van der Waals surface area contributed by atoms with Crippen LogP contribution in [-0.2, 0) is 5.60 Å². The minimum absolute atomic E-state index is 0.181. The van der Waals surface area contributed by atoms with Gasteiger partial charge in [0.05, 0.1) is 6.20 Å². The van der Waals surface area contributed by atoms with Crippen LogP contribution in [-0.4, -0.2) is 23.0 Å². The third kappa shape index (κ3) is 4.61. The van der Waals surface area contributed by atoms with Gasteiger partial charge in [0.2, 0.25) is 0 Å². The van der Waals surface area contributed by atoms with E-state index in [2.05, 4.69) is 15.0 Å². The van der Waals surface area contributed by atoms with Crippen molar-refractivity contribution in [1.82, 2.24) is 4.98 Å². The summed E-state index contributed by atoms with van der Waals surface area (Å²) in [4.78, 5) is 4.59. The molecule has 1 atom stereocenters. The lowest BCUT2D eigenvalue weighted by Crippen LogP contribution is -2.29. The third-order valence-corrected chi connectivity index (χ3v) is 3.76. The number of nitrogens with one attached hydrogen (secondary N) is 1. The molecule has 4 nitrogen and oxygen atoms in total. The van der Waals surface area contributed by atoms with E-state index in [0.717, 1.165) is 17.1 Å². The summed E-state index contributed by atoms with van der Waals surface area (Å²) >= 11 is 1.42. The number of aromatic nitrogens is 1. The summed E-state index contributed by atoms with van der Waals surface area (Å²) in [5.41, 5.74) is -1.09. The Morgan fingerprint density at radius 1 is 1.33 bits per heavy atom. The summed E-state index contributed by atoms with van der Waals surface area (Å²) in [5, 5.41) is 15.0. The molecule has 2 aromatic heterocycles. The van der Waals surface area contributed by atoms with Crippen LogP contribution in [0.25, 0.3) is 0 Å². The van der Waals surface area contributed by atoms with E-state index in [-0.39, 0.29) is 6.54 Å². The van der Waals surface area contributed by atoms with Crippen molar-refractivity contribution in [2.75, 3.05) is 11.9 Å². The second-order valence-electron chi connectivity index (χ2n) is 4.53. The molecule has 1 unspecified atom stereocenters. The van der Waals surface area contributed by atoms with Crippen LogP contribution in [0.4, 0.5) is 19.0 Å². The monoisotopic (exact) mass is 318 g/mol. The molecule has 2 aromatic rings. The molecule has 8 heteroatoms. The first-order chi connectivity index (χ1) is 9.76. The van der Waals surface area contributed by atoms with E-state index in [0.29, 0.717) is 5.82 Å². The zero-order valence-electron chi connectivity index (χ0n) is 11.0. The van der Waals surface area contributed by atoms with E-state index in [1.165, 1.54) is 17.4 Å². The fourth-order valence-corrected chi connectivity index (χ4v) is 2.40. The van der Waals surface area contributed by atoms with Crippen molar-refractivity contribution in [2.24, 2.45) is 0 Å². The highest BCUT2D eigenvalue weighted by Crippen LogP contribution is 2.26. The molecule has 2 rings (SSSR count). The Hall–Kier alpha value is -1.80. The number of hydrogen-bond donors (Lipinski definition) is 2. The van der Waals surface area contributed by atoms with Crippen LogP contribution in [0.15, 0.2) is 35.8 Å². The molecule has 0 saturated carbocycles. The average molecular weight is 318 g/mol. The highest BCUT2D eigenvalue weighted by molar-refractivity contribution is 7.10. The quantitative estimate of drug-likeness (QED) is 0.887. The summed E-state index contributed by atoms with van der Waals surface area (Å²) in [5.74, 6) is -0.0422. The van der Waals surface area contributed by atoms with Crippen LogP contribution >= 0.6 is 11.3 Å². The largest absolute Gasteiger partial charge is 0.573 e. The van der Waals surface area contributed by atoms with Crippen LogP contribution < -0.4 is 10.1 Å². The van der Waals surface area contributed by atoms with Gasteiger partial charge in [-0.15, -0.1) is 24.5 Å². The predicted molar refractivity (Wildman–Crippen MR) is 73.3 cm³/mol. The molecule has 114 valence electrons. The van der Waals surface area contributed by atoms with Crippen LogP contribution in [0.1, 0.15) is 11.8 Å². The van der Waals surface area contributed by atoms with Crippen molar-refractivity contribution in [2.45, 2.75) is 18.9 Å². The number of ether oxygens (including phenoxy) is 1. The van der Waals surface area contributed by atoms with Gasteiger partial charge in [0.1, 0.15) is 17.2 Å². The smallest absolute Gasteiger partial charge is 0.404 e. The number of pyridine rings is 1. The molecular weight excluding hydrogens is 305 g/mol. The lowest BCUT2D eigenvalue weighted by molar-refractivity contribution is -0.274. The van der Waals surface area contributed by atoms with Gasteiger partial charge in [0.25, 0.3) is 0 Å². The first-order valence-corrected chi connectivity index (χ1v) is 6.86. The van der Waals surface area contributed by atoms with Gasteiger partial charge in [0, 0.05) is 11.4 Å². The Kier molecular flexibility index (Phi) is 4.38. The standard InChI is InChI=1S/C13H13F3N2O2S/c1-12(19,10-3-2-6-21-10)8-18-11-5-4-9(7-17-11)20-13(14,15)16/h2-7,19H,8H2,1H3,(H,17,18). The fraction of sp³-hybridized carbons (Fsp3) is 0.308. The lowest BCUT2D eigenvalue weighted by Gasteiger charge is -2.22. The van der Waals surface area contributed by atoms with Crippen LogP contribution in [0.2, 0.25) is 0 Å². The van der Waals surface area contributed by atoms with Gasteiger partial charge in [-0.05, 0) is 30.5 Å². The first kappa shape index (κ1) is 15.6. The number of halogens is 3. The summed E-state index contributed by atoms with van der Waals surface area (Å²) in [6, 6.07) is 6.14. The van der Waals surface area contributed by atoms with E-state index in [1.54, 1.807) is 13.0 Å². The second kappa shape index (κ2) is 5.90. The fourth-order valence-electron chi connectivity index (χ4n) is 1.61. The van der Waals surface area contributed by atoms with E-state index in [9.17, 15) is 18.3 Å². The topological polar surface area (TPSA) is 54.4 Å². The molecule has 0 spiro atoms. The Morgan fingerprint density at radius 3 is 2.62 bits per heavy atom. The highest BCUT2D eigenvalue weighted by Gasteiger charge is 2.31. The lowest BCUT2D eigenvalue weighted by atomic mass is 10.1. The number of alkyl halides is 3. The van der Waals surface area contributed by atoms with Gasteiger partial charge in [-0.2, -0.15) is 0 Å². The second-order valence-corrected chi connectivity index (χ2v) is 5.48. The van der Waals surface area contributed by atoms with Gasteiger partial charge in [-0.25, -0.2) is 4.98 Å². The van der Waals surface area contributed by atoms with E-state index >= 15 is 0 Å². The van der Waals surface area contributed by atoms with Crippen LogP contribution in [0.5, 0.6) is 5.75 Å². The maximum absolute atomic E-state index is 12.0. The van der Waals surface area contributed by atoms with Crippen molar-refractivity contribution in [3.63, 3.8) is 0 Å². The number of anilines is 1. The van der Waals surface area contributed by atoms with Crippen molar-refractivity contribution >= 4 is 17.2 Å². The van der Waals surface area contributed by atoms with Crippen molar-refractivity contribution in [3.8, 4) is 5.75 Å². The first-order valence-electron chi connectivity index (χ1n) is 5.98. The van der Waals surface area contributed by atoms with E-state index < -0.39 is 17.7 Å². The molecule has 0 aliphatic rings. The SMILES string of the molecule is CC(O)(CNc1ccc(OC(F)(F)F)cn1)c1cccs1. The van der Waals surface area contributed by atoms with Crippen molar-refractivity contribution in [1.29, 1.82) is 0 Å². The molecule has 0 radical (unpaired) electrons. The zero-order chi connectivity index (χ0) is 15.5. The molecule has 0 amide bonds. The van der Waals surface area contributed by atoms with E-state index in [4.69, 9.17) is 0 Å². The van der Waals surface area contributed by atoms with Gasteiger partial charge in [-0.1, -0.05) is 6.07 Å². The van der Waals surface area contributed by atoms with Crippen LogP contribution in [0, 0.1) is 0 Å². The maximum Gasteiger partial charge on any atom is 0.573 e. The Bertz CT molecular complexity index is 568. The number of aliphatic hydroxyl groups is 1. The Morgan fingerprint density at radius 2 is 2.10 bits per heavy atom. The summed E-state index contributed by atoms with van der Waals surface area (Å²) in [7, 11) is 0. The molecule has 2 heterocycles. The molecule has 0 aliphatic heterocycles. The molecular formula is C13H13F3N2O2S. The van der Waals surface area contributed by atoms with Gasteiger partial charge in [-0.3, -0.25) is 0 Å². The molecule has 0 bridgehead atoms. The van der Waals surface area contributed by atoms with Gasteiger partial charge in [0.15, 0.2) is 0 Å². The zero-order valence-corrected chi connectivity index (χ0v) is 11.8. The summed E-state index contributed by atoms with van der Waals surface area (Å²) in [6.07, 6.45) is -3.77. The minimum atomic E-state index is -4.74. The highest BCUT2D eigenvalue weighted by atomic mass is 32.1. The van der Waals surface area contributed by atoms with Gasteiger partial charge >= 0.3 is 6.36 Å². The Balaban J connectivity index is 1.95. The normalized spacial score (nSPS) is 14.5. The number of thiophene rings is 1. The van der Waals surface area contributed by atoms with Gasteiger partial charge < -0.3 is 15.2 Å². The summed E-state index contributed by atoms with van der Waals surface area (Å²) in [6.45, 7) is 1.83. The maximum atomic E-state index is 12.0. The minimum Gasteiger partial charge on any atom is -0.404 e. The molecule has 0 saturated heterocycles. The third-order valence-electron chi connectivity index (χ3n) is 2.64.